The highest BCUT2D eigenvalue weighted by Crippen LogP contribution is 2.30. The summed E-state index contributed by atoms with van der Waals surface area (Å²) in [5.41, 5.74) is -0.598. The summed E-state index contributed by atoms with van der Waals surface area (Å²) in [7, 11) is 1.57. The summed E-state index contributed by atoms with van der Waals surface area (Å²) in [5, 5.41) is 3.10. The van der Waals surface area contributed by atoms with Crippen LogP contribution in [0.3, 0.4) is 0 Å². The van der Waals surface area contributed by atoms with Crippen molar-refractivity contribution in [3.8, 4) is 0 Å². The van der Waals surface area contributed by atoms with Gasteiger partial charge in [-0.25, -0.2) is 14.2 Å². The van der Waals surface area contributed by atoms with E-state index in [1.165, 1.54) is 10.6 Å². The topological polar surface area (TPSA) is 104 Å². The van der Waals surface area contributed by atoms with Crippen molar-refractivity contribution in [1.29, 1.82) is 0 Å². The Hall–Kier alpha value is -2.24. The van der Waals surface area contributed by atoms with Gasteiger partial charge in [-0.2, -0.15) is 11.8 Å². The summed E-state index contributed by atoms with van der Waals surface area (Å²) < 4.78 is 27.1. The first-order valence-corrected chi connectivity index (χ1v) is 12.9. The van der Waals surface area contributed by atoms with Crippen LogP contribution < -0.4 is 16.6 Å². The van der Waals surface area contributed by atoms with E-state index in [-0.39, 0.29) is 47.4 Å². The number of thioether (sulfide) groups is 1. The van der Waals surface area contributed by atoms with Crippen LogP contribution in [0.15, 0.2) is 21.9 Å². The molecule has 2 aliphatic rings. The molecule has 186 valence electrons. The predicted octanol–water partition coefficient (Wildman–Crippen LogP) is 2.03. The van der Waals surface area contributed by atoms with Gasteiger partial charge in [0.25, 0.3) is 5.56 Å². The quantitative estimate of drug-likeness (QED) is 0.560. The van der Waals surface area contributed by atoms with Crippen LogP contribution in [0, 0.1) is 5.82 Å². The molecule has 9 nitrogen and oxygen atoms in total. The molecular weight excluding hydrogens is 463 g/mol. The fraction of sp³-hybridized carbons (Fsp3) is 0.652. The number of rotatable bonds is 8. The van der Waals surface area contributed by atoms with Gasteiger partial charge >= 0.3 is 5.69 Å². The number of nitrogens with zero attached hydrogens (tertiary/aromatic N) is 3. The van der Waals surface area contributed by atoms with Crippen molar-refractivity contribution < 1.29 is 18.7 Å². The molecule has 4 rings (SSSR count). The highest BCUT2D eigenvalue weighted by Gasteiger charge is 2.29. The molecule has 1 aliphatic carbocycles. The van der Waals surface area contributed by atoms with Crippen molar-refractivity contribution in [2.24, 2.45) is 0 Å². The Labute approximate surface area is 201 Å². The molecule has 1 N–H and O–H groups in total. The van der Waals surface area contributed by atoms with Crippen molar-refractivity contribution in [3.63, 3.8) is 0 Å². The molecular formula is C23H31FN4O5S. The van der Waals surface area contributed by atoms with E-state index in [0.29, 0.717) is 38.9 Å². The second-order valence-corrected chi connectivity index (χ2v) is 10.0. The zero-order chi connectivity index (χ0) is 24.1. The van der Waals surface area contributed by atoms with Crippen molar-refractivity contribution in [2.75, 3.05) is 38.4 Å². The van der Waals surface area contributed by atoms with Gasteiger partial charge in [-0.15, -0.1) is 0 Å². The van der Waals surface area contributed by atoms with E-state index in [0.717, 1.165) is 30.5 Å². The molecule has 1 saturated carbocycles. The van der Waals surface area contributed by atoms with E-state index in [4.69, 9.17) is 9.47 Å². The van der Waals surface area contributed by atoms with Crippen LogP contribution in [0.25, 0.3) is 11.0 Å². The second kappa shape index (κ2) is 11.5. The summed E-state index contributed by atoms with van der Waals surface area (Å²) in [6, 6.07) is 0.782. The largest absolute Gasteiger partial charge is 0.382 e. The number of aromatic nitrogens is 3. The van der Waals surface area contributed by atoms with Gasteiger partial charge in [0, 0.05) is 25.2 Å². The van der Waals surface area contributed by atoms with Gasteiger partial charge in [-0.3, -0.25) is 18.7 Å². The lowest BCUT2D eigenvalue weighted by Crippen LogP contribution is -2.47. The Morgan fingerprint density at radius 2 is 1.82 bits per heavy atom. The fourth-order valence-corrected chi connectivity index (χ4v) is 5.94. The summed E-state index contributed by atoms with van der Waals surface area (Å²) in [6.45, 7) is 0.745. The summed E-state index contributed by atoms with van der Waals surface area (Å²) in [5.74, 6) is 1.07. The van der Waals surface area contributed by atoms with Crippen LogP contribution >= 0.6 is 11.8 Å². The van der Waals surface area contributed by atoms with Crippen molar-refractivity contribution in [1.82, 2.24) is 19.4 Å². The lowest BCUT2D eigenvalue weighted by molar-refractivity contribution is -0.127. The minimum absolute atomic E-state index is 0.0314. The molecule has 1 amide bonds. The Balaban J connectivity index is 1.54. The van der Waals surface area contributed by atoms with E-state index in [1.54, 1.807) is 11.7 Å². The van der Waals surface area contributed by atoms with Crippen LogP contribution in [-0.4, -0.2) is 64.5 Å². The lowest BCUT2D eigenvalue weighted by atomic mass is 9.91. The minimum atomic E-state index is -0.598. The number of nitrogens with one attached hydrogen (secondary N) is 1. The Morgan fingerprint density at radius 1 is 1.12 bits per heavy atom. The Kier molecular flexibility index (Phi) is 8.38. The number of methoxy groups -OCH3 is 1. The van der Waals surface area contributed by atoms with Crippen LogP contribution in [0.2, 0.25) is 0 Å². The van der Waals surface area contributed by atoms with Gasteiger partial charge in [0.2, 0.25) is 5.91 Å². The first-order valence-electron chi connectivity index (χ1n) is 11.8. The number of amides is 1. The van der Waals surface area contributed by atoms with E-state index in [2.05, 4.69) is 10.3 Å². The van der Waals surface area contributed by atoms with E-state index < -0.39 is 11.4 Å². The maximum atomic E-state index is 14.0. The molecule has 0 bridgehead atoms. The van der Waals surface area contributed by atoms with Gasteiger partial charge in [0.15, 0.2) is 0 Å². The first kappa shape index (κ1) is 24.9. The van der Waals surface area contributed by atoms with E-state index in [1.807, 2.05) is 11.8 Å². The first-order chi connectivity index (χ1) is 16.5. The minimum Gasteiger partial charge on any atom is -0.382 e. The molecule has 2 aromatic heterocycles. The smallest absolute Gasteiger partial charge is 0.333 e. The van der Waals surface area contributed by atoms with Gasteiger partial charge in [-0.05, 0) is 56.1 Å². The standard InChI is InChI=1S/C23H31FN4O5S/c1-32-8-9-33-14-20(29)26-16-2-4-17(5-3-16)28-22(30)19-12-15(24)13-25-21(19)27(23(28)31)18-6-10-34-11-7-18/h12-13,16-18H,2-11,14H2,1H3,(H,26,29)/t16-,17+. The van der Waals surface area contributed by atoms with Gasteiger partial charge < -0.3 is 14.8 Å². The molecule has 1 aliphatic heterocycles. The summed E-state index contributed by atoms with van der Waals surface area (Å²) >= 11 is 1.84. The molecule has 0 spiro atoms. The SMILES string of the molecule is COCCOCC(=O)N[C@H]1CC[C@@H](n2c(=O)c3cc(F)cnc3n(C3CCSCC3)c2=O)CC1. The van der Waals surface area contributed by atoms with E-state index >= 15 is 0 Å². The third-order valence-corrected chi connectivity index (χ3v) is 7.62. The number of pyridine rings is 1. The molecule has 2 fully saturated rings. The van der Waals surface area contributed by atoms with Gasteiger partial charge in [0.05, 0.1) is 24.8 Å². The number of ether oxygens (including phenoxy) is 2. The van der Waals surface area contributed by atoms with Crippen LogP contribution in [-0.2, 0) is 14.3 Å². The molecule has 1 saturated heterocycles. The molecule has 0 atom stereocenters. The maximum absolute atomic E-state index is 14.0. The number of fused-ring (bicyclic) bond motifs is 1. The Morgan fingerprint density at radius 3 is 2.53 bits per heavy atom. The van der Waals surface area contributed by atoms with Crippen LogP contribution in [0.5, 0.6) is 0 Å². The monoisotopic (exact) mass is 494 g/mol. The predicted molar refractivity (Wildman–Crippen MR) is 128 cm³/mol. The van der Waals surface area contributed by atoms with Gasteiger partial charge in [-0.1, -0.05) is 0 Å². The highest BCUT2D eigenvalue weighted by molar-refractivity contribution is 7.99. The average Bonchev–Trinajstić information content (AvgIpc) is 2.84. The third kappa shape index (κ3) is 5.52. The third-order valence-electron chi connectivity index (χ3n) is 6.57. The molecule has 0 radical (unpaired) electrons. The number of carbonyl (C=O) groups excluding carboxylic acids is 1. The number of halogens is 1. The second-order valence-electron chi connectivity index (χ2n) is 8.81. The maximum Gasteiger partial charge on any atom is 0.333 e. The molecule has 3 heterocycles. The number of carbonyl (C=O) groups is 1. The van der Waals surface area contributed by atoms with Crippen LogP contribution in [0.4, 0.5) is 4.39 Å². The molecule has 0 aromatic carbocycles. The molecule has 2 aromatic rings. The zero-order valence-corrected chi connectivity index (χ0v) is 20.2. The zero-order valence-electron chi connectivity index (χ0n) is 19.3. The Bertz CT molecular complexity index is 1120. The van der Waals surface area contributed by atoms with Crippen LogP contribution in [0.1, 0.15) is 50.6 Å². The normalized spacial score (nSPS) is 21.6. The van der Waals surface area contributed by atoms with Gasteiger partial charge in [0.1, 0.15) is 18.1 Å². The summed E-state index contributed by atoms with van der Waals surface area (Å²) in [6.07, 6.45) is 5.09. The summed E-state index contributed by atoms with van der Waals surface area (Å²) in [4.78, 5) is 43.2. The highest BCUT2D eigenvalue weighted by atomic mass is 32.2. The number of hydrogen-bond donors (Lipinski definition) is 1. The van der Waals surface area contributed by atoms with Crippen molar-refractivity contribution in [3.05, 3.63) is 38.9 Å². The van der Waals surface area contributed by atoms with E-state index in [9.17, 15) is 18.8 Å². The molecule has 34 heavy (non-hydrogen) atoms. The lowest BCUT2D eigenvalue weighted by Gasteiger charge is -2.31. The molecule has 11 heteroatoms. The average molecular weight is 495 g/mol. The van der Waals surface area contributed by atoms with Crippen molar-refractivity contribution in [2.45, 2.75) is 56.7 Å². The fourth-order valence-electron chi connectivity index (χ4n) is 4.85. The number of hydrogen-bond acceptors (Lipinski definition) is 7. The molecule has 0 unspecified atom stereocenters. The van der Waals surface area contributed by atoms with Crippen molar-refractivity contribution >= 4 is 28.7 Å².